The van der Waals surface area contributed by atoms with Crippen molar-refractivity contribution in [2.45, 2.75) is 44.2 Å². The minimum atomic E-state index is -0.315. The molecule has 0 bridgehead atoms. The van der Waals surface area contributed by atoms with E-state index in [0.717, 1.165) is 21.3 Å². The zero-order chi connectivity index (χ0) is 24.6. The first-order chi connectivity index (χ1) is 16.8. The average molecular weight is 550 g/mol. The Hall–Kier alpha value is -2.81. The normalized spacial score (nSPS) is 14.6. The van der Waals surface area contributed by atoms with Gasteiger partial charge in [-0.3, -0.25) is 14.2 Å². The number of hydrogen-bond acceptors (Lipinski definition) is 6. The molecule has 0 saturated carbocycles. The first kappa shape index (κ1) is 23.9. The van der Waals surface area contributed by atoms with Crippen molar-refractivity contribution in [3.05, 3.63) is 97.9 Å². The first-order valence-corrected chi connectivity index (χ1v) is 13.1. The second-order valence-corrected chi connectivity index (χ2v) is 11.0. The average Bonchev–Trinajstić information content (AvgIpc) is 2.84. The van der Waals surface area contributed by atoms with E-state index < -0.39 is 0 Å². The van der Waals surface area contributed by atoms with E-state index in [-0.39, 0.29) is 22.7 Å². The minimum absolute atomic E-state index is 0.0274. The maximum Gasteiger partial charge on any atom is 0.264 e. The quantitative estimate of drug-likeness (QED) is 0.181. The maximum absolute atomic E-state index is 13.7. The molecule has 5 rings (SSSR count). The Kier molecular flexibility index (Phi) is 6.61. The summed E-state index contributed by atoms with van der Waals surface area (Å²) < 4.78 is 8.48. The number of carbonyl (C=O) groups is 1. The molecule has 0 saturated heterocycles. The zero-order valence-corrected chi connectivity index (χ0v) is 21.9. The number of rotatable bonds is 6. The Balaban J connectivity index is 1.55. The van der Waals surface area contributed by atoms with Gasteiger partial charge in [-0.1, -0.05) is 70.2 Å². The van der Waals surface area contributed by atoms with Gasteiger partial charge >= 0.3 is 0 Å². The van der Waals surface area contributed by atoms with E-state index in [9.17, 15) is 9.59 Å². The summed E-state index contributed by atoms with van der Waals surface area (Å²) in [5.74, 6) is 0.139. The van der Waals surface area contributed by atoms with Gasteiger partial charge in [0.25, 0.3) is 5.56 Å². The number of carbonyl (C=O) groups excluding carboxylic acids is 1. The summed E-state index contributed by atoms with van der Waals surface area (Å²) in [5.41, 5.74) is 3.36. The van der Waals surface area contributed by atoms with Gasteiger partial charge in [0.1, 0.15) is 0 Å². The van der Waals surface area contributed by atoms with E-state index in [4.69, 9.17) is 14.7 Å². The molecule has 0 atom stereocenters. The Bertz CT molecular complexity index is 1470. The Labute approximate surface area is 215 Å². The Morgan fingerprint density at radius 3 is 2.60 bits per heavy atom. The molecular formula is C27H24BrN3O3S. The summed E-state index contributed by atoms with van der Waals surface area (Å²) in [7, 11) is 0. The number of fused-ring (bicyclic) bond motifs is 2. The molecule has 0 radical (unpaired) electrons. The highest BCUT2D eigenvalue weighted by Crippen LogP contribution is 2.29. The van der Waals surface area contributed by atoms with Gasteiger partial charge in [-0.15, -0.1) is 0 Å². The van der Waals surface area contributed by atoms with Crippen molar-refractivity contribution < 1.29 is 9.53 Å². The number of ketones is 1. The molecule has 0 fully saturated rings. The second-order valence-electron chi connectivity index (χ2n) is 9.18. The molecule has 0 unspecified atom stereocenters. The maximum atomic E-state index is 13.7. The van der Waals surface area contributed by atoms with Crippen LogP contribution >= 0.6 is 27.7 Å². The number of Topliss-reactive ketones (excluding diaryl/α,β-unsaturated/α-hetero) is 1. The van der Waals surface area contributed by atoms with Crippen LogP contribution in [-0.2, 0) is 24.3 Å². The van der Waals surface area contributed by atoms with Crippen molar-refractivity contribution >= 4 is 44.5 Å². The van der Waals surface area contributed by atoms with Crippen molar-refractivity contribution in [3.8, 4) is 0 Å². The molecule has 3 heterocycles. The highest BCUT2D eigenvalue weighted by molar-refractivity contribution is 9.10. The molecule has 2 aromatic carbocycles. The number of thioether (sulfide) groups is 1. The molecule has 178 valence electrons. The molecule has 0 N–H and O–H groups in total. The lowest BCUT2D eigenvalue weighted by Crippen LogP contribution is -2.33. The third-order valence-corrected chi connectivity index (χ3v) is 7.48. The lowest BCUT2D eigenvalue weighted by molar-refractivity contribution is -0.0411. The number of halogens is 1. The van der Waals surface area contributed by atoms with E-state index in [1.807, 2.05) is 62.4 Å². The van der Waals surface area contributed by atoms with E-state index in [1.54, 1.807) is 16.7 Å². The third-order valence-electron chi connectivity index (χ3n) is 5.97. The summed E-state index contributed by atoms with van der Waals surface area (Å²) in [6.07, 6.45) is 0.650. The molecule has 4 aromatic rings. The second kappa shape index (κ2) is 9.68. The molecule has 0 amide bonds. The zero-order valence-electron chi connectivity index (χ0n) is 19.5. The molecule has 2 aromatic heterocycles. The van der Waals surface area contributed by atoms with Gasteiger partial charge in [-0.2, -0.15) is 0 Å². The van der Waals surface area contributed by atoms with Crippen molar-refractivity contribution in [3.63, 3.8) is 0 Å². The number of aromatic nitrogens is 3. The first-order valence-electron chi connectivity index (χ1n) is 11.3. The molecular weight excluding hydrogens is 526 g/mol. The van der Waals surface area contributed by atoms with Crippen molar-refractivity contribution in [1.82, 2.24) is 14.5 Å². The monoisotopic (exact) mass is 549 g/mol. The fraction of sp³-hybridized carbons (Fsp3) is 0.259. The van der Waals surface area contributed by atoms with Gasteiger partial charge in [-0.05, 0) is 37.6 Å². The molecule has 0 spiro atoms. The van der Waals surface area contributed by atoms with Crippen LogP contribution in [0.5, 0.6) is 0 Å². The highest BCUT2D eigenvalue weighted by Gasteiger charge is 2.28. The van der Waals surface area contributed by atoms with Crippen LogP contribution in [0.3, 0.4) is 0 Å². The molecule has 1 aliphatic rings. The van der Waals surface area contributed by atoms with Crippen LogP contribution in [0.2, 0.25) is 0 Å². The van der Waals surface area contributed by atoms with E-state index in [2.05, 4.69) is 15.9 Å². The van der Waals surface area contributed by atoms with Gasteiger partial charge in [0.2, 0.25) is 0 Å². The van der Waals surface area contributed by atoms with Crippen LogP contribution in [0.1, 0.15) is 41.0 Å². The molecule has 35 heavy (non-hydrogen) atoms. The standard InChI is InChI=1S/C27H24BrN3O3S/c1-27(2)13-22-19(15-34-27)12-21-24(29-22)30-26(31(25(21)33)14-17-6-4-3-5-7-17)35-16-23(32)18-8-10-20(28)11-9-18/h3-12H,13-16H2,1-2H3. The Morgan fingerprint density at radius 1 is 1.11 bits per heavy atom. The molecule has 8 heteroatoms. The fourth-order valence-electron chi connectivity index (χ4n) is 4.08. The number of pyridine rings is 1. The van der Waals surface area contributed by atoms with Crippen LogP contribution in [0.4, 0.5) is 0 Å². The number of ether oxygens (including phenoxy) is 1. The predicted molar refractivity (Wildman–Crippen MR) is 141 cm³/mol. The van der Waals surface area contributed by atoms with Crippen LogP contribution < -0.4 is 5.56 Å². The van der Waals surface area contributed by atoms with Crippen molar-refractivity contribution in [1.29, 1.82) is 0 Å². The van der Waals surface area contributed by atoms with E-state index in [1.165, 1.54) is 11.8 Å². The summed E-state index contributed by atoms with van der Waals surface area (Å²) in [6.45, 7) is 4.84. The summed E-state index contributed by atoms with van der Waals surface area (Å²) in [4.78, 5) is 36.0. The van der Waals surface area contributed by atoms with Crippen LogP contribution in [0.25, 0.3) is 11.0 Å². The fourth-order valence-corrected chi connectivity index (χ4v) is 5.22. The predicted octanol–water partition coefficient (Wildman–Crippen LogP) is 5.43. The number of benzene rings is 2. The smallest absolute Gasteiger partial charge is 0.264 e. The summed E-state index contributed by atoms with van der Waals surface area (Å²) >= 11 is 4.66. The van der Waals surface area contributed by atoms with Crippen LogP contribution in [0.15, 0.2) is 75.1 Å². The van der Waals surface area contributed by atoms with Crippen LogP contribution in [-0.4, -0.2) is 31.7 Å². The summed E-state index contributed by atoms with van der Waals surface area (Å²) in [6, 6.07) is 18.9. The summed E-state index contributed by atoms with van der Waals surface area (Å²) in [5, 5.41) is 0.946. The topological polar surface area (TPSA) is 74.1 Å². The molecule has 0 aliphatic carbocycles. The van der Waals surface area contributed by atoms with Crippen molar-refractivity contribution in [2.75, 3.05) is 5.75 Å². The Morgan fingerprint density at radius 2 is 1.86 bits per heavy atom. The van der Waals surface area contributed by atoms with Gasteiger partial charge in [0.05, 0.1) is 35.6 Å². The highest BCUT2D eigenvalue weighted by atomic mass is 79.9. The van der Waals surface area contributed by atoms with Gasteiger partial charge in [-0.25, -0.2) is 9.97 Å². The molecule has 6 nitrogen and oxygen atoms in total. The van der Waals surface area contributed by atoms with Crippen LogP contribution in [0, 0.1) is 0 Å². The minimum Gasteiger partial charge on any atom is -0.370 e. The van der Waals surface area contributed by atoms with E-state index >= 15 is 0 Å². The van der Waals surface area contributed by atoms with Gasteiger partial charge in [0.15, 0.2) is 16.6 Å². The van der Waals surface area contributed by atoms with Gasteiger partial charge in [0, 0.05) is 22.0 Å². The molecule has 1 aliphatic heterocycles. The lowest BCUT2D eigenvalue weighted by atomic mass is 9.95. The van der Waals surface area contributed by atoms with Gasteiger partial charge < -0.3 is 4.74 Å². The largest absolute Gasteiger partial charge is 0.370 e. The number of hydrogen-bond donors (Lipinski definition) is 0. The lowest BCUT2D eigenvalue weighted by Gasteiger charge is -2.31. The van der Waals surface area contributed by atoms with Crippen molar-refractivity contribution in [2.24, 2.45) is 0 Å². The third kappa shape index (κ3) is 5.24. The van der Waals surface area contributed by atoms with E-state index in [0.29, 0.717) is 41.3 Å². The SMILES string of the molecule is CC1(C)Cc2nc3nc(SCC(=O)c4ccc(Br)cc4)n(Cc4ccccc4)c(=O)c3cc2CO1. The number of nitrogens with zero attached hydrogens (tertiary/aromatic N) is 3.